The molecule has 0 radical (unpaired) electrons. The third-order valence-electron chi connectivity index (χ3n) is 4.46. The van der Waals surface area contributed by atoms with Crippen molar-refractivity contribution in [2.45, 2.75) is 109 Å². The third kappa shape index (κ3) is 59.2. The Morgan fingerprint density at radius 2 is 0.939 bits per heavy atom. The summed E-state index contributed by atoms with van der Waals surface area (Å²) in [4.78, 5) is 10.3. The topological polar surface area (TPSA) is 196 Å². The Morgan fingerprint density at radius 1 is 0.636 bits per heavy atom. The lowest BCUT2D eigenvalue weighted by molar-refractivity contribution is -0.137. The van der Waals surface area contributed by atoms with Gasteiger partial charge < -0.3 is 42.7 Å². The van der Waals surface area contributed by atoms with Gasteiger partial charge in [-0.2, -0.15) is 0 Å². The molecule has 33 heavy (non-hydrogen) atoms. The molecule has 0 aliphatic carbocycles. The molecule has 0 bridgehead atoms. The number of carboxylic acids is 1. The fourth-order valence-corrected chi connectivity index (χ4v) is 2.67. The summed E-state index contributed by atoms with van der Waals surface area (Å²) < 4.78 is 0. The van der Waals surface area contributed by atoms with Gasteiger partial charge in [-0.1, -0.05) is 77.6 Å². The van der Waals surface area contributed by atoms with Crippen LogP contribution in [0, 0.1) is 0 Å². The molecule has 0 rings (SSSR count). The van der Waals surface area contributed by atoms with Gasteiger partial charge in [0.1, 0.15) is 0 Å². The van der Waals surface area contributed by atoms with Crippen LogP contribution in [0.25, 0.3) is 0 Å². The number of carboxylic acid groups (broad SMARTS) is 1. The van der Waals surface area contributed by atoms with E-state index in [1.54, 1.807) is 0 Å². The zero-order chi connectivity index (χ0) is 26.0. The number of rotatable bonds is 19. The first-order chi connectivity index (χ1) is 15.9. The Balaban J connectivity index is -0.000000287. The predicted molar refractivity (Wildman–Crippen MR) is 137 cm³/mol. The average Bonchev–Trinajstić information content (AvgIpc) is 2.83. The molecule has 11 N–H and O–H groups in total. The molecular formula is C24H57N3O6. The van der Waals surface area contributed by atoms with E-state index in [-0.39, 0.29) is 25.9 Å². The number of unbranched alkanes of at least 4 members (excludes halogenated alkanes) is 10. The normalized spacial score (nSPS) is 10.7. The van der Waals surface area contributed by atoms with Crippen LogP contribution in [-0.4, -0.2) is 77.1 Å². The Morgan fingerprint density at radius 3 is 1.24 bits per heavy atom. The molecule has 0 aliphatic rings. The second-order valence-electron chi connectivity index (χ2n) is 7.80. The van der Waals surface area contributed by atoms with Gasteiger partial charge >= 0.3 is 5.97 Å². The fourth-order valence-electron chi connectivity index (χ4n) is 2.67. The summed E-state index contributed by atoms with van der Waals surface area (Å²) >= 11 is 0. The number of carbonyl (C=O) groups is 1. The van der Waals surface area contributed by atoms with Crippen molar-refractivity contribution in [3.05, 3.63) is 0 Å². The lowest BCUT2D eigenvalue weighted by Crippen LogP contribution is -2.05. The van der Waals surface area contributed by atoms with Crippen LogP contribution in [0.4, 0.5) is 0 Å². The highest BCUT2D eigenvalue weighted by Gasteiger charge is 2.03. The van der Waals surface area contributed by atoms with Crippen LogP contribution in [0.15, 0.2) is 0 Å². The molecule has 0 saturated carbocycles. The van der Waals surface area contributed by atoms with Crippen molar-refractivity contribution < 1.29 is 30.3 Å². The molecule has 0 aliphatic heterocycles. The lowest BCUT2D eigenvalue weighted by atomic mass is 10.0. The van der Waals surface area contributed by atoms with E-state index in [0.717, 1.165) is 38.5 Å². The zero-order valence-electron chi connectivity index (χ0n) is 21.3. The van der Waals surface area contributed by atoms with Crippen molar-refractivity contribution in [2.75, 3.05) is 39.5 Å². The quantitative estimate of drug-likeness (QED) is 0.127. The molecule has 0 heterocycles. The van der Waals surface area contributed by atoms with Crippen LogP contribution < -0.4 is 17.2 Å². The predicted octanol–water partition coefficient (Wildman–Crippen LogP) is 2.12. The highest BCUT2D eigenvalue weighted by Crippen LogP contribution is 2.14. The van der Waals surface area contributed by atoms with Gasteiger partial charge in [0.2, 0.25) is 0 Å². The van der Waals surface area contributed by atoms with Gasteiger partial charge in [0.25, 0.3) is 0 Å². The summed E-state index contributed by atoms with van der Waals surface area (Å²) in [6.45, 7) is 3.63. The average molecular weight is 484 g/mol. The van der Waals surface area contributed by atoms with Crippen LogP contribution in [0.1, 0.15) is 103 Å². The van der Waals surface area contributed by atoms with Crippen molar-refractivity contribution in [3.63, 3.8) is 0 Å². The molecule has 0 fully saturated rings. The minimum absolute atomic E-state index is 0.0853. The van der Waals surface area contributed by atoms with E-state index in [1.165, 1.54) is 51.4 Å². The zero-order valence-corrected chi connectivity index (χ0v) is 21.3. The molecule has 9 heteroatoms. The van der Waals surface area contributed by atoms with E-state index in [9.17, 15) is 9.90 Å². The minimum Gasteiger partial charge on any atom is -0.481 e. The second-order valence-corrected chi connectivity index (χ2v) is 7.80. The maximum atomic E-state index is 10.3. The molecule has 0 aromatic rings. The van der Waals surface area contributed by atoms with Crippen LogP contribution in [-0.2, 0) is 4.79 Å². The molecule has 1 atom stereocenters. The first-order valence-electron chi connectivity index (χ1n) is 12.7. The van der Waals surface area contributed by atoms with Gasteiger partial charge in [-0.3, -0.25) is 4.79 Å². The van der Waals surface area contributed by atoms with Crippen molar-refractivity contribution >= 4 is 5.97 Å². The summed E-state index contributed by atoms with van der Waals surface area (Å²) in [6.07, 6.45) is 16.3. The number of hydrogen-bond donors (Lipinski definition) is 8. The van der Waals surface area contributed by atoms with Gasteiger partial charge in [-0.25, -0.2) is 0 Å². The first kappa shape index (κ1) is 39.4. The molecule has 0 aromatic carbocycles. The minimum atomic E-state index is -0.678. The van der Waals surface area contributed by atoms with Gasteiger partial charge in [0, 0.05) is 26.1 Å². The van der Waals surface area contributed by atoms with E-state index in [4.69, 9.17) is 37.6 Å². The molecule has 0 saturated heterocycles. The van der Waals surface area contributed by atoms with E-state index >= 15 is 0 Å². The highest BCUT2D eigenvalue weighted by atomic mass is 16.4. The maximum Gasteiger partial charge on any atom is 0.303 e. The SMILES string of the molecule is CCCCCCC(O)CCCCCCCCCCC(=O)O.NCCO.NCCO.NCCO. The van der Waals surface area contributed by atoms with E-state index in [0.29, 0.717) is 26.1 Å². The van der Waals surface area contributed by atoms with Gasteiger partial charge in [-0.15, -0.1) is 0 Å². The molecule has 0 aromatic heterocycles. The van der Waals surface area contributed by atoms with E-state index in [1.807, 2.05) is 0 Å². The summed E-state index contributed by atoms with van der Waals surface area (Å²) in [6, 6.07) is 0. The monoisotopic (exact) mass is 483 g/mol. The van der Waals surface area contributed by atoms with Gasteiger partial charge in [0.15, 0.2) is 0 Å². The van der Waals surface area contributed by atoms with Crippen molar-refractivity contribution in [2.24, 2.45) is 17.2 Å². The molecule has 0 spiro atoms. The fraction of sp³-hybridized carbons (Fsp3) is 0.958. The lowest BCUT2D eigenvalue weighted by Gasteiger charge is -2.10. The van der Waals surface area contributed by atoms with Crippen molar-refractivity contribution in [1.82, 2.24) is 0 Å². The Bertz CT molecular complexity index is 311. The molecular weight excluding hydrogens is 426 g/mol. The number of aliphatic carboxylic acids is 1. The Labute approximate surface area is 202 Å². The number of nitrogens with two attached hydrogens (primary N) is 3. The van der Waals surface area contributed by atoms with E-state index in [2.05, 4.69) is 6.92 Å². The number of hydrogen-bond acceptors (Lipinski definition) is 8. The first-order valence-corrected chi connectivity index (χ1v) is 12.7. The smallest absolute Gasteiger partial charge is 0.303 e. The molecule has 9 nitrogen and oxygen atoms in total. The van der Waals surface area contributed by atoms with Gasteiger partial charge in [-0.05, 0) is 19.3 Å². The Hall–Kier alpha value is -0.810. The van der Waals surface area contributed by atoms with Crippen LogP contribution in [0.3, 0.4) is 0 Å². The van der Waals surface area contributed by atoms with Crippen LogP contribution >= 0.6 is 0 Å². The van der Waals surface area contributed by atoms with Crippen LogP contribution in [0.2, 0.25) is 0 Å². The van der Waals surface area contributed by atoms with Crippen molar-refractivity contribution in [1.29, 1.82) is 0 Å². The summed E-state index contributed by atoms with van der Waals surface area (Å²) in [5, 5.41) is 41.6. The third-order valence-corrected chi connectivity index (χ3v) is 4.46. The van der Waals surface area contributed by atoms with Gasteiger partial charge in [0.05, 0.1) is 25.9 Å². The van der Waals surface area contributed by atoms with Crippen molar-refractivity contribution in [3.8, 4) is 0 Å². The largest absolute Gasteiger partial charge is 0.481 e. The number of aliphatic hydroxyl groups excluding tert-OH is 4. The second kappa shape index (κ2) is 41.4. The number of aliphatic hydroxyl groups is 4. The summed E-state index contributed by atoms with van der Waals surface area (Å²) in [5.41, 5.74) is 14.3. The maximum absolute atomic E-state index is 10.3. The Kier molecular flexibility index (Phi) is 49.5. The van der Waals surface area contributed by atoms with E-state index < -0.39 is 5.97 Å². The van der Waals surface area contributed by atoms with Crippen LogP contribution in [0.5, 0.6) is 0 Å². The highest BCUT2D eigenvalue weighted by molar-refractivity contribution is 5.66. The molecule has 204 valence electrons. The summed E-state index contributed by atoms with van der Waals surface area (Å²) in [5.74, 6) is -0.678. The molecule has 1 unspecified atom stereocenters. The summed E-state index contributed by atoms with van der Waals surface area (Å²) in [7, 11) is 0. The standard InChI is InChI=1S/C18H36O3.3C2H7NO/c1-2-3-4-11-14-17(19)15-12-9-7-5-6-8-10-13-16-18(20)21;3*3-1-2-4/h17,19H,2-16H2,1H3,(H,20,21);3*4H,1-3H2. The molecule has 0 amide bonds.